The van der Waals surface area contributed by atoms with Crippen LogP contribution in [0.25, 0.3) is 11.3 Å². The number of halogens is 2. The summed E-state index contributed by atoms with van der Waals surface area (Å²) >= 11 is 6.20. The molecule has 0 unspecified atom stereocenters. The van der Waals surface area contributed by atoms with E-state index in [0.717, 1.165) is 16.0 Å². The van der Waals surface area contributed by atoms with Gasteiger partial charge >= 0.3 is 5.97 Å². The number of methoxy groups -OCH3 is 1. The SMILES string of the molecule is COC(=O)c1ccc2c(c1)=C(c1c(F)cccc1Cl)NCC=2C. The van der Waals surface area contributed by atoms with Gasteiger partial charge in [0.05, 0.1) is 29.0 Å². The number of esters is 1. The number of nitrogens with one attached hydrogen (secondary N) is 1. The van der Waals surface area contributed by atoms with E-state index >= 15 is 0 Å². The molecule has 0 saturated heterocycles. The second-order valence-electron chi connectivity index (χ2n) is 5.36. The number of benzene rings is 2. The molecular weight excluding hydrogens is 317 g/mol. The van der Waals surface area contributed by atoms with Gasteiger partial charge in [0, 0.05) is 11.8 Å². The fourth-order valence-corrected chi connectivity index (χ4v) is 3.00. The Kier molecular flexibility index (Phi) is 4.09. The highest BCUT2D eigenvalue weighted by molar-refractivity contribution is 6.32. The average molecular weight is 332 g/mol. The molecule has 3 nitrogen and oxygen atoms in total. The minimum Gasteiger partial charge on any atom is -0.465 e. The quantitative estimate of drug-likeness (QED) is 0.857. The van der Waals surface area contributed by atoms with Crippen LogP contribution in [0.3, 0.4) is 0 Å². The van der Waals surface area contributed by atoms with Crippen LogP contribution in [0.5, 0.6) is 0 Å². The van der Waals surface area contributed by atoms with Gasteiger partial charge in [0.15, 0.2) is 0 Å². The Morgan fingerprint density at radius 1 is 1.26 bits per heavy atom. The second-order valence-corrected chi connectivity index (χ2v) is 5.76. The standard InChI is InChI=1S/C18H15ClFNO2/c1-10-9-21-17(16-14(19)4-3-5-15(16)20)13-8-11(18(22)23-2)6-7-12(10)13/h3-8,21H,9H2,1-2H3. The van der Waals surface area contributed by atoms with Crippen LogP contribution in [0.15, 0.2) is 36.4 Å². The Morgan fingerprint density at radius 2 is 2.04 bits per heavy atom. The van der Waals surface area contributed by atoms with E-state index in [1.165, 1.54) is 13.2 Å². The van der Waals surface area contributed by atoms with Crippen molar-refractivity contribution in [1.82, 2.24) is 5.32 Å². The highest BCUT2D eigenvalue weighted by Crippen LogP contribution is 2.24. The fraction of sp³-hybridized carbons (Fsp3) is 0.167. The van der Waals surface area contributed by atoms with E-state index < -0.39 is 11.8 Å². The molecule has 2 aromatic rings. The van der Waals surface area contributed by atoms with Crippen LogP contribution in [0.4, 0.5) is 4.39 Å². The van der Waals surface area contributed by atoms with Crippen LogP contribution in [-0.2, 0) is 4.74 Å². The second kappa shape index (κ2) is 6.05. The lowest BCUT2D eigenvalue weighted by Gasteiger charge is -2.19. The van der Waals surface area contributed by atoms with Crippen molar-refractivity contribution in [3.8, 4) is 0 Å². The van der Waals surface area contributed by atoms with Crippen molar-refractivity contribution in [2.45, 2.75) is 6.92 Å². The maximum atomic E-state index is 14.3. The third kappa shape index (κ3) is 2.70. The minimum atomic E-state index is -0.435. The summed E-state index contributed by atoms with van der Waals surface area (Å²) in [6.45, 7) is 2.58. The average Bonchev–Trinajstić information content (AvgIpc) is 2.55. The molecule has 0 atom stereocenters. The van der Waals surface area contributed by atoms with Crippen molar-refractivity contribution in [2.24, 2.45) is 0 Å². The van der Waals surface area contributed by atoms with E-state index in [2.05, 4.69) is 5.32 Å². The number of carbonyl (C=O) groups is 1. The molecule has 1 aliphatic heterocycles. The summed E-state index contributed by atoms with van der Waals surface area (Å²) < 4.78 is 19.1. The maximum Gasteiger partial charge on any atom is 0.337 e. The lowest BCUT2D eigenvalue weighted by molar-refractivity contribution is 0.0600. The first-order chi connectivity index (χ1) is 11.0. The van der Waals surface area contributed by atoms with E-state index in [1.54, 1.807) is 24.3 Å². The summed E-state index contributed by atoms with van der Waals surface area (Å²) in [6.07, 6.45) is 0. The molecule has 5 heteroatoms. The molecule has 0 aliphatic carbocycles. The highest BCUT2D eigenvalue weighted by atomic mass is 35.5. The molecule has 23 heavy (non-hydrogen) atoms. The molecule has 1 N–H and O–H groups in total. The normalized spacial score (nSPS) is 13.4. The van der Waals surface area contributed by atoms with Gasteiger partial charge in [-0.25, -0.2) is 9.18 Å². The van der Waals surface area contributed by atoms with Crippen LogP contribution < -0.4 is 15.8 Å². The molecule has 0 bridgehead atoms. The first-order valence-electron chi connectivity index (χ1n) is 7.13. The van der Waals surface area contributed by atoms with Gasteiger partial charge in [-0.1, -0.05) is 23.7 Å². The lowest BCUT2D eigenvalue weighted by atomic mass is 9.99. The largest absolute Gasteiger partial charge is 0.465 e. The third-order valence-corrected chi connectivity index (χ3v) is 4.23. The molecule has 1 heterocycles. The van der Waals surface area contributed by atoms with E-state index in [1.807, 2.05) is 13.0 Å². The number of carbonyl (C=O) groups excluding carboxylic acids is 1. The number of ether oxygens (including phenoxy) is 1. The van der Waals surface area contributed by atoms with Crippen molar-refractivity contribution in [2.75, 3.05) is 13.7 Å². The first-order valence-corrected chi connectivity index (χ1v) is 7.51. The molecule has 0 aromatic heterocycles. The summed E-state index contributed by atoms with van der Waals surface area (Å²) in [7, 11) is 1.33. The van der Waals surface area contributed by atoms with Gasteiger partial charge in [0.1, 0.15) is 5.82 Å². The highest BCUT2D eigenvalue weighted by Gasteiger charge is 2.17. The molecule has 0 saturated carbocycles. The lowest BCUT2D eigenvalue weighted by Crippen LogP contribution is -2.41. The zero-order chi connectivity index (χ0) is 16.6. The molecule has 0 fully saturated rings. The fourth-order valence-electron chi connectivity index (χ4n) is 2.74. The molecule has 0 radical (unpaired) electrons. The van der Waals surface area contributed by atoms with Crippen LogP contribution in [0.1, 0.15) is 22.8 Å². The van der Waals surface area contributed by atoms with Crippen molar-refractivity contribution in [3.05, 3.63) is 68.8 Å². The summed E-state index contributed by atoms with van der Waals surface area (Å²) in [5.74, 6) is -0.844. The minimum absolute atomic E-state index is 0.310. The Bertz CT molecular complexity index is 901. The Balaban J connectivity index is 2.40. The van der Waals surface area contributed by atoms with Crippen LogP contribution >= 0.6 is 11.6 Å². The van der Waals surface area contributed by atoms with Crippen molar-refractivity contribution < 1.29 is 13.9 Å². The number of hydrogen-bond acceptors (Lipinski definition) is 3. The molecule has 118 valence electrons. The smallest absolute Gasteiger partial charge is 0.337 e. The van der Waals surface area contributed by atoms with E-state index in [0.29, 0.717) is 28.4 Å². The third-order valence-electron chi connectivity index (χ3n) is 3.91. The zero-order valence-corrected chi connectivity index (χ0v) is 13.5. The van der Waals surface area contributed by atoms with Gasteiger partial charge in [-0.05, 0) is 42.0 Å². The van der Waals surface area contributed by atoms with Gasteiger partial charge in [-0.2, -0.15) is 0 Å². The van der Waals surface area contributed by atoms with E-state index in [9.17, 15) is 9.18 Å². The predicted molar refractivity (Wildman–Crippen MR) is 88.0 cm³/mol. The summed E-state index contributed by atoms with van der Waals surface area (Å²) in [6, 6.07) is 9.84. The Hall–Kier alpha value is -2.33. The molecule has 0 amide bonds. The Labute approximate surface area is 138 Å². The van der Waals surface area contributed by atoms with Gasteiger partial charge in [0.25, 0.3) is 0 Å². The number of rotatable bonds is 2. The molecular formula is C18H15ClFNO2. The summed E-state index contributed by atoms with van der Waals surface area (Å²) in [5, 5.41) is 5.23. The van der Waals surface area contributed by atoms with Crippen LogP contribution in [-0.4, -0.2) is 19.6 Å². The molecule has 3 rings (SSSR count). The molecule has 2 aromatic carbocycles. The van der Waals surface area contributed by atoms with E-state index in [-0.39, 0.29) is 0 Å². The van der Waals surface area contributed by atoms with Crippen LogP contribution in [0, 0.1) is 5.82 Å². The molecule has 0 spiro atoms. The maximum absolute atomic E-state index is 14.3. The van der Waals surface area contributed by atoms with Gasteiger partial charge in [0.2, 0.25) is 0 Å². The van der Waals surface area contributed by atoms with Gasteiger partial charge in [-0.15, -0.1) is 0 Å². The van der Waals surface area contributed by atoms with Crippen LogP contribution in [0.2, 0.25) is 5.02 Å². The van der Waals surface area contributed by atoms with E-state index in [4.69, 9.17) is 16.3 Å². The topological polar surface area (TPSA) is 38.3 Å². The van der Waals surface area contributed by atoms with Gasteiger partial charge in [-0.3, -0.25) is 0 Å². The summed E-state index contributed by atoms with van der Waals surface area (Å²) in [4.78, 5) is 11.8. The predicted octanol–water partition coefficient (Wildman–Crippen LogP) is 2.20. The summed E-state index contributed by atoms with van der Waals surface area (Å²) in [5.41, 5.74) is 2.41. The van der Waals surface area contributed by atoms with Crippen molar-refractivity contribution in [3.63, 3.8) is 0 Å². The first kappa shape index (κ1) is 15.6. The number of hydrogen-bond donors (Lipinski definition) is 1. The zero-order valence-electron chi connectivity index (χ0n) is 12.7. The van der Waals surface area contributed by atoms with Gasteiger partial charge < -0.3 is 10.1 Å². The Morgan fingerprint density at radius 3 is 2.74 bits per heavy atom. The molecule has 1 aliphatic rings. The monoisotopic (exact) mass is 331 g/mol. The van der Waals surface area contributed by atoms with Crippen molar-refractivity contribution >= 4 is 28.8 Å². The van der Waals surface area contributed by atoms with Crippen molar-refractivity contribution in [1.29, 1.82) is 0 Å². The number of fused-ring (bicyclic) bond motifs is 1.